The van der Waals surface area contributed by atoms with Crippen molar-refractivity contribution >= 4 is 40.1 Å². The Labute approximate surface area is 298 Å². The van der Waals surface area contributed by atoms with Crippen molar-refractivity contribution in [2.24, 2.45) is 5.92 Å². The second kappa shape index (κ2) is 14.4. The summed E-state index contributed by atoms with van der Waals surface area (Å²) in [5, 5.41) is 5.51. The van der Waals surface area contributed by atoms with E-state index in [9.17, 15) is 32.4 Å². The van der Waals surface area contributed by atoms with Crippen molar-refractivity contribution in [3.8, 4) is 0 Å². The van der Waals surface area contributed by atoms with Crippen LogP contribution in [0.5, 0.6) is 0 Å². The lowest BCUT2D eigenvalue weighted by Gasteiger charge is -2.31. The molecule has 5 amide bonds. The normalized spacial score (nSPS) is 29.2. The molecule has 0 aromatic heterocycles. The molecule has 0 bridgehead atoms. The van der Waals surface area contributed by atoms with Gasteiger partial charge in [0.05, 0.1) is 6.54 Å². The van der Waals surface area contributed by atoms with Crippen LogP contribution in [0.3, 0.4) is 0 Å². The number of benzene rings is 1. The Morgan fingerprint density at radius 3 is 2.35 bits per heavy atom. The monoisotopic (exact) mass is 728 g/mol. The lowest BCUT2D eigenvalue weighted by Crippen LogP contribution is -2.59. The molecule has 3 fully saturated rings. The Morgan fingerprint density at radius 1 is 1.00 bits per heavy atom. The molecule has 16 heteroatoms. The van der Waals surface area contributed by atoms with E-state index in [4.69, 9.17) is 9.47 Å². The van der Waals surface area contributed by atoms with Crippen molar-refractivity contribution in [2.45, 2.75) is 115 Å². The van der Waals surface area contributed by atoms with Gasteiger partial charge in [-0.25, -0.2) is 14.3 Å². The number of nitrogens with zero attached hydrogens (tertiary/aromatic N) is 3. The van der Waals surface area contributed by atoms with Gasteiger partial charge in [-0.1, -0.05) is 49.3 Å². The molecular weight excluding hydrogens is 680 g/mol. The van der Waals surface area contributed by atoms with Crippen LogP contribution in [0.1, 0.15) is 83.3 Å². The maximum Gasteiger partial charge on any atom is 0.410 e. The van der Waals surface area contributed by atoms with Gasteiger partial charge in [-0.3, -0.25) is 19.3 Å². The minimum atomic E-state index is -4.10. The van der Waals surface area contributed by atoms with Crippen LogP contribution in [0.15, 0.2) is 36.4 Å². The highest BCUT2D eigenvalue weighted by Crippen LogP contribution is 2.46. The summed E-state index contributed by atoms with van der Waals surface area (Å²) in [6.07, 6.45) is 5.40. The summed E-state index contributed by atoms with van der Waals surface area (Å²) < 4.78 is 40.4. The van der Waals surface area contributed by atoms with E-state index in [1.54, 1.807) is 25.7 Å². The maximum atomic E-state index is 14.3. The zero-order chi connectivity index (χ0) is 36.6. The summed E-state index contributed by atoms with van der Waals surface area (Å²) in [6, 6.07) is 5.46. The van der Waals surface area contributed by atoms with E-state index in [0.717, 1.165) is 28.3 Å². The van der Waals surface area contributed by atoms with Crippen molar-refractivity contribution in [1.29, 1.82) is 0 Å². The Balaban J connectivity index is 1.25. The van der Waals surface area contributed by atoms with Gasteiger partial charge < -0.3 is 25.0 Å². The molecule has 1 aliphatic carbocycles. The molecule has 2 saturated heterocycles. The van der Waals surface area contributed by atoms with E-state index in [-0.39, 0.29) is 25.8 Å². The molecule has 0 radical (unpaired) electrons. The molecular formula is C35H48N6O9S. The molecule has 5 atom stereocenters. The minimum Gasteiger partial charge on any atom is -0.444 e. The topological polar surface area (TPSA) is 184 Å². The van der Waals surface area contributed by atoms with E-state index < -0.39 is 75.4 Å². The van der Waals surface area contributed by atoms with Gasteiger partial charge in [0.2, 0.25) is 11.8 Å². The van der Waals surface area contributed by atoms with Gasteiger partial charge in [-0.05, 0) is 64.0 Å². The number of ether oxygens (including phenoxy) is 2. The van der Waals surface area contributed by atoms with Crippen LogP contribution < -0.4 is 15.4 Å². The predicted octanol–water partition coefficient (Wildman–Crippen LogP) is 2.46. The number of fused-ring (bicyclic) bond motifs is 3. The molecule has 6 rings (SSSR count). The fourth-order valence-corrected chi connectivity index (χ4v) is 8.38. The second-order valence-corrected chi connectivity index (χ2v) is 16.8. The molecule has 4 heterocycles. The van der Waals surface area contributed by atoms with Gasteiger partial charge in [0, 0.05) is 38.5 Å². The van der Waals surface area contributed by atoms with E-state index >= 15 is 0 Å². The molecule has 278 valence electrons. The molecule has 1 aromatic carbocycles. The van der Waals surface area contributed by atoms with Crippen molar-refractivity contribution in [1.82, 2.24) is 29.5 Å². The average molecular weight is 729 g/mol. The summed E-state index contributed by atoms with van der Waals surface area (Å²) in [7, 11) is -4.10. The summed E-state index contributed by atoms with van der Waals surface area (Å²) >= 11 is 0. The number of rotatable bonds is 5. The fourth-order valence-electron chi connectivity index (χ4n) is 7.09. The second-order valence-electron chi connectivity index (χ2n) is 15.1. The first-order chi connectivity index (χ1) is 24.1. The van der Waals surface area contributed by atoms with Gasteiger partial charge in [0.1, 0.15) is 29.3 Å². The lowest BCUT2D eigenvalue weighted by atomic mass is 10.0. The molecule has 5 aliphatic rings. The molecule has 1 aromatic rings. The molecule has 3 N–H and O–H groups in total. The molecule has 51 heavy (non-hydrogen) atoms. The smallest absolute Gasteiger partial charge is 0.410 e. The van der Waals surface area contributed by atoms with Crippen LogP contribution in [0.2, 0.25) is 0 Å². The van der Waals surface area contributed by atoms with Gasteiger partial charge >= 0.3 is 22.4 Å². The van der Waals surface area contributed by atoms with Gasteiger partial charge in [0.25, 0.3) is 5.91 Å². The molecule has 0 spiro atoms. The third-order valence-electron chi connectivity index (χ3n) is 10.1. The number of allylic oxidation sites excluding steroid dienone is 1. The zero-order valence-corrected chi connectivity index (χ0v) is 30.2. The highest BCUT2D eigenvalue weighted by Gasteiger charge is 2.62. The van der Waals surface area contributed by atoms with Crippen LogP contribution in [0.25, 0.3) is 0 Å². The number of hydrogen-bond acceptors (Lipinski definition) is 9. The van der Waals surface area contributed by atoms with Gasteiger partial charge in [-0.15, -0.1) is 0 Å². The van der Waals surface area contributed by atoms with E-state index in [1.807, 2.05) is 36.4 Å². The summed E-state index contributed by atoms with van der Waals surface area (Å²) in [4.78, 5) is 71.3. The van der Waals surface area contributed by atoms with E-state index in [1.165, 1.54) is 4.90 Å². The van der Waals surface area contributed by atoms with Crippen molar-refractivity contribution < 1.29 is 41.9 Å². The molecule has 15 nitrogen and oxygen atoms in total. The number of amides is 5. The average Bonchev–Trinajstić information content (AvgIpc) is 3.33. The Hall–Kier alpha value is -4.18. The van der Waals surface area contributed by atoms with E-state index in [0.29, 0.717) is 45.4 Å². The van der Waals surface area contributed by atoms with Crippen LogP contribution >= 0.6 is 0 Å². The number of hydrogen-bond donors (Lipinski definition) is 3. The number of nitrogens with one attached hydrogen (secondary N) is 3. The first kappa shape index (κ1) is 36.6. The summed E-state index contributed by atoms with van der Waals surface area (Å²) in [6.45, 7) is 6.34. The first-order valence-corrected chi connectivity index (χ1v) is 19.2. The van der Waals surface area contributed by atoms with Crippen molar-refractivity contribution in [3.63, 3.8) is 0 Å². The SMILES string of the molecule is CC(C)(C)OC(=O)N[C@H]1CCCCC/C=C\[C@H]2C[C@@]2(C(=O)NS(=O)(=O)N2CCC2)NC(=O)[C@@H]2C[C@@H](OC(=O)N3Cc4ccccc4C3)CN2C1=O. The van der Waals surface area contributed by atoms with E-state index in [2.05, 4.69) is 15.4 Å². The van der Waals surface area contributed by atoms with Crippen LogP contribution in [0, 0.1) is 5.92 Å². The Bertz CT molecular complexity index is 1660. The number of carbonyl (C=O) groups excluding carboxylic acids is 5. The van der Waals surface area contributed by atoms with Gasteiger partial charge in [-0.2, -0.15) is 12.7 Å². The fraction of sp³-hybridized carbons (Fsp3) is 0.629. The van der Waals surface area contributed by atoms with Crippen LogP contribution in [-0.2, 0) is 47.2 Å². The lowest BCUT2D eigenvalue weighted by molar-refractivity contribution is -0.141. The number of alkyl carbamates (subject to hydrolysis) is 1. The predicted molar refractivity (Wildman–Crippen MR) is 184 cm³/mol. The molecule has 0 unspecified atom stereocenters. The minimum absolute atomic E-state index is 0.0620. The quantitative estimate of drug-likeness (QED) is 0.384. The third kappa shape index (κ3) is 8.32. The molecule has 1 saturated carbocycles. The van der Waals surface area contributed by atoms with Crippen molar-refractivity contribution in [3.05, 3.63) is 47.5 Å². The Kier molecular flexibility index (Phi) is 10.4. The van der Waals surface area contributed by atoms with Crippen molar-refractivity contribution in [2.75, 3.05) is 19.6 Å². The highest BCUT2D eigenvalue weighted by atomic mass is 32.2. The maximum absolute atomic E-state index is 14.3. The highest BCUT2D eigenvalue weighted by molar-refractivity contribution is 7.87. The Morgan fingerprint density at radius 2 is 1.71 bits per heavy atom. The zero-order valence-electron chi connectivity index (χ0n) is 29.4. The summed E-state index contributed by atoms with van der Waals surface area (Å²) in [5.74, 6) is -2.55. The number of carbonyl (C=O) groups is 5. The first-order valence-electron chi connectivity index (χ1n) is 17.8. The summed E-state index contributed by atoms with van der Waals surface area (Å²) in [5.41, 5.74) is -0.355. The van der Waals surface area contributed by atoms with Gasteiger partial charge in [0.15, 0.2) is 0 Å². The largest absolute Gasteiger partial charge is 0.444 e. The standard InChI is InChI=1S/C35H48N6O9S/c1-34(2,3)50-32(45)36-27-15-8-6-4-5-7-14-25-19-35(25,31(44)38-51(47,48)40-16-11-17-40)37-29(42)28-18-26(22-41(28)30(27)43)49-33(46)39-20-23-12-9-10-13-24(23)21-39/h7,9-10,12-14,25-28H,4-6,8,11,15-22H2,1-3H3,(H,36,45)(H,37,42)(H,38,44)/b14-7-/t25-,26+,27-,28-,35+/m0/s1. The van der Waals surface area contributed by atoms with Crippen LogP contribution in [0.4, 0.5) is 9.59 Å². The van der Waals surface area contributed by atoms with Crippen LogP contribution in [-0.4, -0.2) is 101 Å². The third-order valence-corrected chi connectivity index (χ3v) is 11.6. The molecule has 4 aliphatic heterocycles.